The zero-order valence-corrected chi connectivity index (χ0v) is 15.9. The first-order chi connectivity index (χ1) is 12.0. The molecular formula is C20H26O6. The van der Waals surface area contributed by atoms with Gasteiger partial charge in [0, 0.05) is 23.5 Å². The highest BCUT2D eigenvalue weighted by Crippen LogP contribution is 2.70. The van der Waals surface area contributed by atoms with Gasteiger partial charge in [-0.05, 0) is 39.5 Å². The number of carbonyl (C=O) groups excluding carboxylic acids is 2. The molecule has 0 aromatic rings. The number of hydrogen-bond donors (Lipinski definition) is 1. The topological polar surface area (TPSA) is 85.4 Å². The van der Waals surface area contributed by atoms with Crippen LogP contribution in [0.2, 0.25) is 0 Å². The third-order valence-electron chi connectivity index (χ3n) is 6.96. The van der Waals surface area contributed by atoms with Crippen LogP contribution in [0.1, 0.15) is 53.9 Å². The molecular weight excluding hydrogens is 336 g/mol. The van der Waals surface area contributed by atoms with Crippen LogP contribution in [0.3, 0.4) is 0 Å². The maximum atomic E-state index is 12.5. The van der Waals surface area contributed by atoms with Gasteiger partial charge < -0.3 is 19.3 Å². The summed E-state index contributed by atoms with van der Waals surface area (Å²) in [5.74, 6) is -2.60. The van der Waals surface area contributed by atoms with Crippen molar-refractivity contribution in [3.05, 3.63) is 22.8 Å². The van der Waals surface area contributed by atoms with Crippen LogP contribution in [0, 0.1) is 11.3 Å². The van der Waals surface area contributed by atoms with Crippen molar-refractivity contribution < 1.29 is 28.9 Å². The van der Waals surface area contributed by atoms with Crippen molar-refractivity contribution in [3.63, 3.8) is 0 Å². The van der Waals surface area contributed by atoms with Crippen molar-refractivity contribution in [1.29, 1.82) is 0 Å². The first-order valence-corrected chi connectivity index (χ1v) is 9.25. The molecule has 4 aliphatic rings. The minimum absolute atomic E-state index is 0.00135. The Labute approximate surface area is 153 Å². The van der Waals surface area contributed by atoms with Crippen LogP contribution >= 0.6 is 0 Å². The molecule has 6 heteroatoms. The molecule has 2 heterocycles. The monoisotopic (exact) mass is 362 g/mol. The van der Waals surface area contributed by atoms with Crippen LogP contribution in [0.15, 0.2) is 22.8 Å². The van der Waals surface area contributed by atoms with Crippen LogP contribution in [0.5, 0.6) is 0 Å². The normalized spacial score (nSPS) is 45.9. The van der Waals surface area contributed by atoms with E-state index in [2.05, 4.69) is 13.8 Å². The third kappa shape index (κ3) is 2.06. The summed E-state index contributed by atoms with van der Waals surface area (Å²) < 4.78 is 17.3. The standard InChI is InChI=1S/C20H26O6/c1-10(2)8-14(21)24-16-15-12(4)17(22)26-20(15,23)9-19-13(25-19)7-6-11(3)18(16,19)5/h8,11,13,16,23H,6-7,9H2,1-5H3/t11-,13+,16+,18-,19+,20?/m0/s1. The molecule has 4 rings (SSSR count). The van der Waals surface area contributed by atoms with Crippen molar-refractivity contribution in [1.82, 2.24) is 0 Å². The van der Waals surface area contributed by atoms with E-state index in [4.69, 9.17) is 14.2 Å². The van der Waals surface area contributed by atoms with Gasteiger partial charge >= 0.3 is 11.9 Å². The second-order valence-electron chi connectivity index (χ2n) is 8.69. The lowest BCUT2D eigenvalue weighted by atomic mass is 9.51. The van der Waals surface area contributed by atoms with E-state index in [1.165, 1.54) is 6.08 Å². The molecule has 2 aliphatic carbocycles. The van der Waals surface area contributed by atoms with E-state index < -0.39 is 34.8 Å². The van der Waals surface area contributed by atoms with E-state index in [1.807, 2.05) is 13.8 Å². The van der Waals surface area contributed by atoms with E-state index in [1.54, 1.807) is 6.92 Å². The Bertz CT molecular complexity index is 762. The van der Waals surface area contributed by atoms with Crippen molar-refractivity contribution in [2.75, 3.05) is 0 Å². The largest absolute Gasteiger partial charge is 0.454 e. The fraction of sp³-hybridized carbons (Fsp3) is 0.700. The summed E-state index contributed by atoms with van der Waals surface area (Å²) in [5, 5.41) is 11.2. The van der Waals surface area contributed by atoms with Gasteiger partial charge in [0.05, 0.1) is 11.7 Å². The van der Waals surface area contributed by atoms with E-state index in [0.717, 1.165) is 18.4 Å². The highest BCUT2D eigenvalue weighted by Gasteiger charge is 2.80. The quantitative estimate of drug-likeness (QED) is 0.461. The summed E-state index contributed by atoms with van der Waals surface area (Å²) in [6.07, 6.45) is 2.69. The summed E-state index contributed by atoms with van der Waals surface area (Å²) in [4.78, 5) is 24.7. The lowest BCUT2D eigenvalue weighted by molar-refractivity contribution is -0.225. The first-order valence-electron chi connectivity index (χ1n) is 9.25. The Balaban J connectivity index is 1.85. The van der Waals surface area contributed by atoms with Crippen LogP contribution in [0.4, 0.5) is 0 Å². The fourth-order valence-corrected chi connectivity index (χ4v) is 5.37. The summed E-state index contributed by atoms with van der Waals surface area (Å²) in [6.45, 7) is 9.44. The molecule has 0 radical (unpaired) electrons. The van der Waals surface area contributed by atoms with Gasteiger partial charge in [-0.15, -0.1) is 0 Å². The molecule has 0 amide bonds. The van der Waals surface area contributed by atoms with Crippen molar-refractivity contribution >= 4 is 11.9 Å². The molecule has 1 saturated heterocycles. The van der Waals surface area contributed by atoms with Crippen LogP contribution in [-0.2, 0) is 23.8 Å². The number of hydrogen-bond acceptors (Lipinski definition) is 6. The van der Waals surface area contributed by atoms with Gasteiger partial charge in [0.15, 0.2) is 0 Å². The molecule has 0 bridgehead atoms. The van der Waals surface area contributed by atoms with Gasteiger partial charge in [0.2, 0.25) is 5.79 Å². The molecule has 3 fully saturated rings. The molecule has 1 N–H and O–H groups in total. The molecule has 6 atom stereocenters. The molecule has 0 aromatic carbocycles. The van der Waals surface area contributed by atoms with Gasteiger partial charge in [-0.2, -0.15) is 0 Å². The zero-order valence-electron chi connectivity index (χ0n) is 15.9. The summed E-state index contributed by atoms with van der Waals surface area (Å²) in [6, 6.07) is 0. The molecule has 1 unspecified atom stereocenters. The third-order valence-corrected chi connectivity index (χ3v) is 6.96. The molecule has 0 aromatic heterocycles. The summed E-state index contributed by atoms with van der Waals surface area (Å²) in [7, 11) is 0. The van der Waals surface area contributed by atoms with Gasteiger partial charge in [-0.3, -0.25) is 0 Å². The van der Waals surface area contributed by atoms with E-state index in [-0.39, 0.29) is 18.4 Å². The molecule has 2 saturated carbocycles. The van der Waals surface area contributed by atoms with E-state index >= 15 is 0 Å². The number of carbonyl (C=O) groups is 2. The predicted molar refractivity (Wildman–Crippen MR) is 91.8 cm³/mol. The Morgan fingerprint density at radius 3 is 2.69 bits per heavy atom. The highest BCUT2D eigenvalue weighted by atomic mass is 16.7. The number of ether oxygens (including phenoxy) is 3. The maximum Gasteiger partial charge on any atom is 0.336 e. The minimum Gasteiger partial charge on any atom is -0.454 e. The number of esters is 2. The average molecular weight is 362 g/mol. The maximum absolute atomic E-state index is 12.5. The molecule has 26 heavy (non-hydrogen) atoms. The Hall–Kier alpha value is -1.66. The molecule has 142 valence electrons. The van der Waals surface area contributed by atoms with Crippen molar-refractivity contribution in [3.8, 4) is 0 Å². The van der Waals surface area contributed by atoms with Gasteiger partial charge in [0.1, 0.15) is 11.7 Å². The fourth-order valence-electron chi connectivity index (χ4n) is 5.37. The number of aliphatic hydroxyl groups is 1. The number of epoxide rings is 1. The second-order valence-corrected chi connectivity index (χ2v) is 8.69. The van der Waals surface area contributed by atoms with E-state index in [9.17, 15) is 14.7 Å². The second kappa shape index (κ2) is 5.20. The number of fused-ring (bicyclic) bond motifs is 1. The zero-order chi connectivity index (χ0) is 19.1. The van der Waals surface area contributed by atoms with Gasteiger partial charge in [0.25, 0.3) is 0 Å². The molecule has 2 aliphatic heterocycles. The molecule has 1 spiro atoms. The van der Waals surface area contributed by atoms with Crippen molar-refractivity contribution in [2.24, 2.45) is 11.3 Å². The summed E-state index contributed by atoms with van der Waals surface area (Å²) >= 11 is 0. The minimum atomic E-state index is -1.76. The highest BCUT2D eigenvalue weighted by molar-refractivity contribution is 5.93. The lowest BCUT2D eigenvalue weighted by Gasteiger charge is -2.54. The van der Waals surface area contributed by atoms with E-state index in [0.29, 0.717) is 11.1 Å². The predicted octanol–water partition coefficient (Wildman–Crippen LogP) is 2.40. The van der Waals surface area contributed by atoms with Gasteiger partial charge in [-0.1, -0.05) is 19.4 Å². The molecule has 6 nitrogen and oxygen atoms in total. The summed E-state index contributed by atoms with van der Waals surface area (Å²) in [5.41, 5.74) is 0.368. The first kappa shape index (κ1) is 17.7. The van der Waals surface area contributed by atoms with Crippen LogP contribution < -0.4 is 0 Å². The number of rotatable bonds is 2. The van der Waals surface area contributed by atoms with Crippen molar-refractivity contribution in [2.45, 2.75) is 77.5 Å². The Morgan fingerprint density at radius 2 is 2.04 bits per heavy atom. The smallest absolute Gasteiger partial charge is 0.336 e. The van der Waals surface area contributed by atoms with Gasteiger partial charge in [-0.25, -0.2) is 9.59 Å². The Morgan fingerprint density at radius 1 is 1.35 bits per heavy atom. The SMILES string of the molecule is CC(C)=CC(=O)O[C@@H]1C2=C(C)C(=O)OC2(O)C[C@@]23O[C@@H]2CC[C@H](C)[C@@]13C. The van der Waals surface area contributed by atoms with Crippen LogP contribution in [0.25, 0.3) is 0 Å². The lowest BCUT2D eigenvalue weighted by Crippen LogP contribution is -2.64. The number of allylic oxidation sites excluding steroid dienone is 1. The van der Waals surface area contributed by atoms with Crippen LogP contribution in [-0.4, -0.2) is 40.6 Å². The Kier molecular flexibility index (Phi) is 3.55. The average Bonchev–Trinajstić information content (AvgIpc) is 3.17.